The number of anilines is 1. The number of benzene rings is 2. The van der Waals surface area contributed by atoms with Crippen LogP contribution in [0, 0.1) is 6.92 Å². The standard InChI is InChI=1S/C20H22ClNO2S/c1-11(2)16-10-17(12(3)9-18(16)23)22-19(24)13(4)25-20(22)14-5-7-15(21)8-6-14/h5-11,13,20,23H,1-4H3. The average Bonchev–Trinajstić information content (AvgIpc) is 2.84. The van der Waals surface area contributed by atoms with Crippen LogP contribution in [0.15, 0.2) is 36.4 Å². The molecule has 1 amide bonds. The molecule has 3 nitrogen and oxygen atoms in total. The molecule has 5 heteroatoms. The van der Waals surface area contributed by atoms with Gasteiger partial charge in [-0.1, -0.05) is 37.6 Å². The number of thioether (sulfide) groups is 1. The van der Waals surface area contributed by atoms with Crippen LogP contribution in [0.3, 0.4) is 0 Å². The van der Waals surface area contributed by atoms with Crippen LogP contribution >= 0.6 is 23.4 Å². The van der Waals surface area contributed by atoms with Crippen molar-refractivity contribution in [2.75, 3.05) is 4.90 Å². The highest BCUT2D eigenvalue weighted by Gasteiger charge is 2.40. The second-order valence-corrected chi connectivity index (χ2v) is 8.60. The summed E-state index contributed by atoms with van der Waals surface area (Å²) in [5, 5.41) is 10.7. The number of phenols is 1. The Morgan fingerprint density at radius 3 is 2.44 bits per heavy atom. The Bertz CT molecular complexity index is 804. The van der Waals surface area contributed by atoms with E-state index in [2.05, 4.69) is 0 Å². The Labute approximate surface area is 158 Å². The molecule has 25 heavy (non-hydrogen) atoms. The van der Waals surface area contributed by atoms with Crippen LogP contribution in [0.1, 0.15) is 48.8 Å². The molecule has 1 heterocycles. The molecule has 1 saturated heterocycles. The summed E-state index contributed by atoms with van der Waals surface area (Å²) in [5.41, 5.74) is 3.66. The smallest absolute Gasteiger partial charge is 0.241 e. The second-order valence-electron chi connectivity index (χ2n) is 6.74. The fraction of sp³-hybridized carbons (Fsp3) is 0.350. The fourth-order valence-corrected chi connectivity index (χ4v) is 4.54. The molecule has 3 rings (SSSR count). The minimum absolute atomic E-state index is 0.0912. The lowest BCUT2D eigenvalue weighted by Gasteiger charge is -2.27. The lowest BCUT2D eigenvalue weighted by Crippen LogP contribution is -2.30. The number of aryl methyl sites for hydroxylation is 1. The SMILES string of the molecule is Cc1cc(O)c(C(C)C)cc1N1C(=O)C(C)SC1c1ccc(Cl)cc1. The van der Waals surface area contributed by atoms with Gasteiger partial charge in [-0.15, -0.1) is 11.8 Å². The van der Waals surface area contributed by atoms with Crippen LogP contribution in [0.25, 0.3) is 0 Å². The zero-order valence-electron chi connectivity index (χ0n) is 14.8. The molecule has 132 valence electrons. The monoisotopic (exact) mass is 375 g/mol. The molecule has 0 bridgehead atoms. The first-order valence-electron chi connectivity index (χ1n) is 8.37. The molecule has 2 unspecified atom stereocenters. The minimum atomic E-state index is -0.114. The van der Waals surface area contributed by atoms with Crippen molar-refractivity contribution in [3.8, 4) is 5.75 Å². The number of halogens is 1. The average molecular weight is 376 g/mol. The number of rotatable bonds is 3. The highest BCUT2D eigenvalue weighted by atomic mass is 35.5. The van der Waals surface area contributed by atoms with E-state index < -0.39 is 0 Å². The molecule has 0 spiro atoms. The number of nitrogens with zero attached hydrogens (tertiary/aromatic N) is 1. The van der Waals surface area contributed by atoms with Gasteiger partial charge in [0.2, 0.25) is 5.91 Å². The Balaban J connectivity index is 2.10. The van der Waals surface area contributed by atoms with Crippen molar-refractivity contribution in [1.82, 2.24) is 0 Å². The van der Waals surface area contributed by atoms with Gasteiger partial charge in [-0.25, -0.2) is 0 Å². The second kappa shape index (κ2) is 6.93. The van der Waals surface area contributed by atoms with Gasteiger partial charge in [-0.3, -0.25) is 9.69 Å². The van der Waals surface area contributed by atoms with E-state index in [1.54, 1.807) is 17.8 Å². The fourth-order valence-electron chi connectivity index (χ4n) is 3.14. The van der Waals surface area contributed by atoms with Crippen LogP contribution < -0.4 is 4.90 Å². The molecule has 0 aromatic heterocycles. The van der Waals surface area contributed by atoms with Crippen LogP contribution in [-0.2, 0) is 4.79 Å². The maximum Gasteiger partial charge on any atom is 0.241 e. The number of hydrogen-bond acceptors (Lipinski definition) is 3. The first-order valence-corrected chi connectivity index (χ1v) is 9.69. The highest BCUT2D eigenvalue weighted by Crippen LogP contribution is 2.47. The molecular formula is C20H22ClNO2S. The van der Waals surface area contributed by atoms with Crippen molar-refractivity contribution < 1.29 is 9.90 Å². The van der Waals surface area contributed by atoms with Crippen LogP contribution in [0.4, 0.5) is 5.69 Å². The maximum absolute atomic E-state index is 12.9. The van der Waals surface area contributed by atoms with Crippen LogP contribution in [0.2, 0.25) is 5.02 Å². The van der Waals surface area contributed by atoms with E-state index >= 15 is 0 Å². The summed E-state index contributed by atoms with van der Waals surface area (Å²) in [5.74, 6) is 0.552. The number of amides is 1. The van der Waals surface area contributed by atoms with E-state index in [0.717, 1.165) is 22.4 Å². The maximum atomic E-state index is 12.9. The summed E-state index contributed by atoms with van der Waals surface area (Å²) in [6.45, 7) is 7.94. The number of aromatic hydroxyl groups is 1. The van der Waals surface area contributed by atoms with Gasteiger partial charge >= 0.3 is 0 Å². The van der Waals surface area contributed by atoms with Gasteiger partial charge < -0.3 is 5.11 Å². The summed E-state index contributed by atoms with van der Waals surface area (Å²) < 4.78 is 0. The quantitative estimate of drug-likeness (QED) is 0.754. The highest BCUT2D eigenvalue weighted by molar-refractivity contribution is 8.01. The van der Waals surface area contributed by atoms with Gasteiger partial charge in [0.25, 0.3) is 0 Å². The predicted molar refractivity (Wildman–Crippen MR) is 106 cm³/mol. The zero-order chi connectivity index (χ0) is 18.3. The minimum Gasteiger partial charge on any atom is -0.508 e. The molecule has 0 saturated carbocycles. The normalized spacial score (nSPS) is 20.6. The molecular weight excluding hydrogens is 354 g/mol. The van der Waals surface area contributed by atoms with Crippen LogP contribution in [0.5, 0.6) is 5.75 Å². The molecule has 1 aliphatic heterocycles. The molecule has 2 aromatic rings. The molecule has 1 N–H and O–H groups in total. The number of phenolic OH excluding ortho intramolecular Hbond substituents is 1. The Morgan fingerprint density at radius 2 is 1.84 bits per heavy atom. The third-order valence-corrected chi connectivity index (χ3v) is 6.14. The molecule has 2 atom stereocenters. The molecule has 0 aliphatic carbocycles. The largest absolute Gasteiger partial charge is 0.508 e. The summed E-state index contributed by atoms with van der Waals surface area (Å²) in [6, 6.07) is 11.4. The van der Waals surface area contributed by atoms with Gasteiger partial charge in [-0.2, -0.15) is 0 Å². The topological polar surface area (TPSA) is 40.5 Å². The Hall–Kier alpha value is -1.65. The molecule has 1 aliphatic rings. The third-order valence-electron chi connectivity index (χ3n) is 4.53. The Morgan fingerprint density at radius 1 is 1.20 bits per heavy atom. The summed E-state index contributed by atoms with van der Waals surface area (Å²) >= 11 is 7.65. The van der Waals surface area contributed by atoms with Crippen molar-refractivity contribution in [3.63, 3.8) is 0 Å². The van der Waals surface area contributed by atoms with Crippen molar-refractivity contribution >= 4 is 35.0 Å². The van der Waals surface area contributed by atoms with Crippen molar-refractivity contribution in [2.45, 2.75) is 44.2 Å². The number of carbonyl (C=O) groups excluding carboxylic acids is 1. The lowest BCUT2D eigenvalue weighted by molar-refractivity contribution is -0.117. The molecule has 0 radical (unpaired) electrons. The van der Waals surface area contributed by atoms with E-state index in [4.69, 9.17) is 11.6 Å². The van der Waals surface area contributed by atoms with E-state index in [0.29, 0.717) is 5.02 Å². The molecule has 1 fully saturated rings. The summed E-state index contributed by atoms with van der Waals surface area (Å²) in [6.07, 6.45) is 0. The summed E-state index contributed by atoms with van der Waals surface area (Å²) in [4.78, 5) is 14.8. The zero-order valence-corrected chi connectivity index (χ0v) is 16.4. The molecule has 2 aromatic carbocycles. The van der Waals surface area contributed by atoms with Gasteiger partial charge in [0.15, 0.2) is 0 Å². The first-order chi connectivity index (χ1) is 11.8. The Kier molecular flexibility index (Phi) is 5.03. The van der Waals surface area contributed by atoms with Gasteiger partial charge in [0.05, 0.1) is 5.25 Å². The predicted octanol–water partition coefficient (Wildman–Crippen LogP) is 5.64. The van der Waals surface area contributed by atoms with E-state index in [-0.39, 0.29) is 28.2 Å². The van der Waals surface area contributed by atoms with E-state index in [1.807, 2.05) is 62.9 Å². The lowest BCUT2D eigenvalue weighted by atomic mass is 9.98. The van der Waals surface area contributed by atoms with Gasteiger partial charge in [-0.05, 0) is 60.7 Å². The third kappa shape index (κ3) is 3.38. The van der Waals surface area contributed by atoms with Crippen molar-refractivity contribution in [2.24, 2.45) is 0 Å². The summed E-state index contributed by atoms with van der Waals surface area (Å²) in [7, 11) is 0. The van der Waals surface area contributed by atoms with Gasteiger partial charge in [0, 0.05) is 10.7 Å². The van der Waals surface area contributed by atoms with E-state index in [9.17, 15) is 9.90 Å². The first kappa shape index (κ1) is 18.2. The van der Waals surface area contributed by atoms with Crippen molar-refractivity contribution in [1.29, 1.82) is 0 Å². The van der Waals surface area contributed by atoms with Crippen LogP contribution in [-0.4, -0.2) is 16.3 Å². The number of carbonyl (C=O) groups is 1. The van der Waals surface area contributed by atoms with Crippen molar-refractivity contribution in [3.05, 3.63) is 58.1 Å². The van der Waals surface area contributed by atoms with E-state index in [1.165, 1.54) is 0 Å². The number of hydrogen-bond donors (Lipinski definition) is 1. The van der Waals surface area contributed by atoms with Gasteiger partial charge in [0.1, 0.15) is 11.1 Å².